The molecule has 0 amide bonds. The van der Waals surface area contributed by atoms with Crippen LogP contribution in [-0.2, 0) is 27.7 Å². The van der Waals surface area contributed by atoms with Crippen molar-refractivity contribution in [1.82, 2.24) is 0 Å². The molecule has 17 heavy (non-hydrogen) atoms. The maximum Gasteiger partial charge on any atom is 0.534 e. The number of ether oxygens (including phenoxy) is 1. The van der Waals surface area contributed by atoms with Gasteiger partial charge in [0.25, 0.3) is 0 Å². The van der Waals surface area contributed by atoms with E-state index in [0.717, 1.165) is 6.08 Å². The summed E-state index contributed by atoms with van der Waals surface area (Å²) in [6.45, 7) is 3.69. The molecule has 1 aliphatic heterocycles. The second-order valence-corrected chi connectivity index (χ2v) is 5.06. The minimum Gasteiger partial charge on any atom is -0.367 e. The van der Waals surface area contributed by atoms with Crippen LogP contribution < -0.4 is 0 Å². The summed E-state index contributed by atoms with van der Waals surface area (Å²) in [5, 5.41) is 0. The standard InChI is InChI=1S/C9H14ClO6P/c1-2-8(11)15-17(12)14-7-4-9(16-17)13-6-3-5-10/h2,9H,1,3-7H2. The third-order valence-electron chi connectivity index (χ3n) is 1.80. The van der Waals surface area contributed by atoms with Gasteiger partial charge in [0.1, 0.15) is 0 Å². The fourth-order valence-corrected chi connectivity index (χ4v) is 2.41. The zero-order valence-corrected chi connectivity index (χ0v) is 10.8. The lowest BCUT2D eigenvalue weighted by atomic mass is 10.4. The molecule has 98 valence electrons. The van der Waals surface area contributed by atoms with Crippen molar-refractivity contribution < 1.29 is 27.7 Å². The molecule has 2 unspecified atom stereocenters. The molecule has 1 saturated heterocycles. The smallest absolute Gasteiger partial charge is 0.367 e. The third kappa shape index (κ3) is 5.19. The highest BCUT2D eigenvalue weighted by Gasteiger charge is 2.38. The van der Waals surface area contributed by atoms with Gasteiger partial charge in [-0.2, -0.15) is 0 Å². The Kier molecular flexibility index (Phi) is 6.16. The van der Waals surface area contributed by atoms with Crippen molar-refractivity contribution in [2.45, 2.75) is 19.1 Å². The summed E-state index contributed by atoms with van der Waals surface area (Å²) in [7, 11) is -3.87. The number of phosphoric acid groups is 1. The highest BCUT2D eigenvalue weighted by Crippen LogP contribution is 2.53. The quantitative estimate of drug-likeness (QED) is 0.322. The van der Waals surface area contributed by atoms with Crippen molar-refractivity contribution in [2.75, 3.05) is 19.1 Å². The largest absolute Gasteiger partial charge is 0.534 e. The third-order valence-corrected chi connectivity index (χ3v) is 3.46. The number of phosphoric ester groups is 1. The first-order valence-electron chi connectivity index (χ1n) is 5.06. The van der Waals surface area contributed by atoms with E-state index in [1.807, 2.05) is 0 Å². The maximum absolute atomic E-state index is 11.8. The van der Waals surface area contributed by atoms with Crippen molar-refractivity contribution in [3.8, 4) is 0 Å². The van der Waals surface area contributed by atoms with Crippen LogP contribution in [0.4, 0.5) is 0 Å². The molecule has 1 fully saturated rings. The molecule has 1 aliphatic rings. The van der Waals surface area contributed by atoms with Crippen LogP contribution >= 0.6 is 19.4 Å². The lowest BCUT2D eigenvalue weighted by Crippen LogP contribution is -2.25. The van der Waals surface area contributed by atoms with E-state index < -0.39 is 20.1 Å². The number of rotatable bonds is 6. The van der Waals surface area contributed by atoms with Gasteiger partial charge in [-0.05, 0) is 6.42 Å². The number of hydrogen-bond donors (Lipinski definition) is 0. The Bertz CT molecular complexity index is 321. The molecule has 0 bridgehead atoms. The highest BCUT2D eigenvalue weighted by molar-refractivity contribution is 7.49. The Morgan fingerprint density at radius 3 is 3.06 bits per heavy atom. The van der Waals surface area contributed by atoms with Crippen molar-refractivity contribution in [2.24, 2.45) is 0 Å². The minimum atomic E-state index is -3.87. The number of alkyl halides is 1. The van der Waals surface area contributed by atoms with Gasteiger partial charge in [0.2, 0.25) is 0 Å². The Morgan fingerprint density at radius 2 is 2.41 bits per heavy atom. The number of carbonyl (C=O) groups is 1. The van der Waals surface area contributed by atoms with Gasteiger partial charge in [-0.25, -0.2) is 13.9 Å². The van der Waals surface area contributed by atoms with E-state index in [1.165, 1.54) is 0 Å². The SMILES string of the molecule is C=CC(=O)OP1(=O)OCCC(OCCCCl)O1. The monoisotopic (exact) mass is 284 g/mol. The fourth-order valence-electron chi connectivity index (χ4n) is 1.07. The molecule has 6 nitrogen and oxygen atoms in total. The second kappa shape index (κ2) is 7.13. The van der Waals surface area contributed by atoms with Gasteiger partial charge in [-0.15, -0.1) is 11.6 Å². The zero-order chi connectivity index (χ0) is 12.7. The van der Waals surface area contributed by atoms with Crippen LogP contribution in [0.5, 0.6) is 0 Å². The van der Waals surface area contributed by atoms with Gasteiger partial charge in [0.05, 0.1) is 13.2 Å². The van der Waals surface area contributed by atoms with Gasteiger partial charge < -0.3 is 9.26 Å². The Hall–Kier alpha value is -0.390. The van der Waals surface area contributed by atoms with Crippen LogP contribution in [-0.4, -0.2) is 31.4 Å². The van der Waals surface area contributed by atoms with Gasteiger partial charge in [0.15, 0.2) is 6.29 Å². The molecule has 0 aromatic heterocycles. The van der Waals surface area contributed by atoms with Crippen LogP contribution in [0.1, 0.15) is 12.8 Å². The molecule has 0 N–H and O–H groups in total. The van der Waals surface area contributed by atoms with E-state index in [9.17, 15) is 9.36 Å². The summed E-state index contributed by atoms with van der Waals surface area (Å²) < 4.78 is 31.4. The first-order valence-corrected chi connectivity index (χ1v) is 7.05. The van der Waals surface area contributed by atoms with Crippen LogP contribution in [0, 0.1) is 0 Å². The van der Waals surface area contributed by atoms with Crippen LogP contribution in [0.3, 0.4) is 0 Å². The molecule has 0 aromatic carbocycles. The molecule has 1 heterocycles. The topological polar surface area (TPSA) is 71.1 Å². The lowest BCUT2D eigenvalue weighted by molar-refractivity contribution is -0.143. The fraction of sp³-hybridized carbons (Fsp3) is 0.667. The molecule has 0 saturated carbocycles. The van der Waals surface area contributed by atoms with E-state index in [4.69, 9.17) is 25.4 Å². The van der Waals surface area contributed by atoms with E-state index >= 15 is 0 Å². The lowest BCUT2D eigenvalue weighted by Gasteiger charge is -2.27. The summed E-state index contributed by atoms with van der Waals surface area (Å²) in [4.78, 5) is 10.9. The second-order valence-electron chi connectivity index (χ2n) is 3.13. The Labute approximate surface area is 104 Å². The van der Waals surface area contributed by atoms with Gasteiger partial charge >= 0.3 is 13.8 Å². The van der Waals surface area contributed by atoms with Gasteiger partial charge in [-0.1, -0.05) is 6.58 Å². The molecule has 0 radical (unpaired) electrons. The van der Waals surface area contributed by atoms with Crippen molar-refractivity contribution in [3.05, 3.63) is 12.7 Å². The van der Waals surface area contributed by atoms with Crippen LogP contribution in [0.15, 0.2) is 12.7 Å². The average molecular weight is 285 g/mol. The summed E-state index contributed by atoms with van der Waals surface area (Å²) in [5.41, 5.74) is 0. The first kappa shape index (κ1) is 14.7. The molecule has 0 aromatic rings. The summed E-state index contributed by atoms with van der Waals surface area (Å²) in [5.74, 6) is -0.401. The van der Waals surface area contributed by atoms with E-state index in [-0.39, 0.29) is 6.61 Å². The molecule has 0 aliphatic carbocycles. The van der Waals surface area contributed by atoms with Crippen molar-refractivity contribution in [3.63, 3.8) is 0 Å². The Morgan fingerprint density at radius 1 is 1.65 bits per heavy atom. The molecular weight excluding hydrogens is 271 g/mol. The predicted octanol–water partition coefficient (Wildman–Crippen LogP) is 2.23. The number of hydrogen-bond acceptors (Lipinski definition) is 6. The normalized spacial score (nSPS) is 28.6. The predicted molar refractivity (Wildman–Crippen MR) is 60.6 cm³/mol. The average Bonchev–Trinajstić information content (AvgIpc) is 2.29. The van der Waals surface area contributed by atoms with Crippen molar-refractivity contribution in [1.29, 1.82) is 0 Å². The molecule has 2 atom stereocenters. The summed E-state index contributed by atoms with van der Waals surface area (Å²) >= 11 is 5.48. The maximum atomic E-state index is 11.8. The molecule has 1 rings (SSSR count). The minimum absolute atomic E-state index is 0.132. The molecule has 0 spiro atoms. The number of halogens is 1. The van der Waals surface area contributed by atoms with Crippen LogP contribution in [0.25, 0.3) is 0 Å². The number of carbonyl (C=O) groups excluding carboxylic acids is 1. The van der Waals surface area contributed by atoms with E-state index in [0.29, 0.717) is 25.3 Å². The van der Waals surface area contributed by atoms with Crippen LogP contribution in [0.2, 0.25) is 0 Å². The van der Waals surface area contributed by atoms with Gasteiger partial charge in [0, 0.05) is 18.4 Å². The molecular formula is C9H14ClO6P. The molecule has 8 heteroatoms. The van der Waals surface area contributed by atoms with Crippen molar-refractivity contribution >= 4 is 25.4 Å². The Balaban J connectivity index is 2.44. The van der Waals surface area contributed by atoms with E-state index in [2.05, 4.69) is 11.1 Å². The van der Waals surface area contributed by atoms with Gasteiger partial charge in [-0.3, -0.25) is 4.52 Å². The van der Waals surface area contributed by atoms with E-state index in [1.54, 1.807) is 0 Å². The zero-order valence-electron chi connectivity index (χ0n) is 9.17. The highest BCUT2D eigenvalue weighted by atomic mass is 35.5. The summed E-state index contributed by atoms with van der Waals surface area (Å²) in [6, 6.07) is 0. The first-order chi connectivity index (χ1) is 8.09. The summed E-state index contributed by atoms with van der Waals surface area (Å²) in [6.07, 6.45) is 1.23.